The minimum atomic E-state index is -3.60. The van der Waals surface area contributed by atoms with E-state index in [1.165, 1.54) is 0 Å². The second kappa shape index (κ2) is 5.46. The Morgan fingerprint density at radius 3 is 2.25 bits per heavy atom. The summed E-state index contributed by atoms with van der Waals surface area (Å²) < 4.78 is 27.3. The lowest BCUT2D eigenvalue weighted by molar-refractivity contribution is 0.600. The molecule has 0 fully saturated rings. The number of aryl methyl sites for hydroxylation is 3. The lowest BCUT2D eigenvalue weighted by Crippen LogP contribution is -2.14. The average Bonchev–Trinajstić information content (AvgIpc) is 2.33. The van der Waals surface area contributed by atoms with Crippen LogP contribution in [-0.4, -0.2) is 8.42 Å². The molecule has 0 aliphatic carbocycles. The van der Waals surface area contributed by atoms with Crippen molar-refractivity contribution in [3.63, 3.8) is 0 Å². The van der Waals surface area contributed by atoms with E-state index in [1.54, 1.807) is 37.3 Å². The summed E-state index contributed by atoms with van der Waals surface area (Å²) in [5.74, 6) is 0. The molecule has 5 heteroatoms. The van der Waals surface area contributed by atoms with E-state index < -0.39 is 10.0 Å². The second-order valence-electron chi connectivity index (χ2n) is 4.84. The summed E-state index contributed by atoms with van der Waals surface area (Å²) in [4.78, 5) is 0.278. The Morgan fingerprint density at radius 2 is 1.65 bits per heavy atom. The van der Waals surface area contributed by atoms with Crippen LogP contribution >= 0.6 is 11.6 Å². The van der Waals surface area contributed by atoms with Gasteiger partial charge in [0.15, 0.2) is 0 Å². The van der Waals surface area contributed by atoms with Crippen LogP contribution in [0, 0.1) is 20.8 Å². The van der Waals surface area contributed by atoms with Crippen LogP contribution in [0.1, 0.15) is 16.7 Å². The van der Waals surface area contributed by atoms with Gasteiger partial charge in [0.1, 0.15) is 0 Å². The minimum Gasteiger partial charge on any atom is -0.280 e. The van der Waals surface area contributed by atoms with Crippen LogP contribution in [0.2, 0.25) is 5.02 Å². The van der Waals surface area contributed by atoms with Gasteiger partial charge < -0.3 is 0 Å². The zero-order valence-electron chi connectivity index (χ0n) is 11.6. The van der Waals surface area contributed by atoms with Gasteiger partial charge in [-0.2, -0.15) is 0 Å². The number of rotatable bonds is 3. The molecule has 0 heterocycles. The van der Waals surface area contributed by atoms with Gasteiger partial charge in [-0.3, -0.25) is 4.72 Å². The maximum atomic E-state index is 12.4. The number of hydrogen-bond acceptors (Lipinski definition) is 2. The SMILES string of the molecule is Cc1ccc(S(=O)(=O)Nc2ccc(C)c(Cl)c2)c(C)c1. The van der Waals surface area contributed by atoms with E-state index in [0.717, 1.165) is 16.7 Å². The first-order chi connectivity index (χ1) is 9.29. The highest BCUT2D eigenvalue weighted by Gasteiger charge is 2.17. The van der Waals surface area contributed by atoms with Gasteiger partial charge in [-0.1, -0.05) is 35.4 Å². The fourth-order valence-corrected chi connectivity index (χ4v) is 3.43. The van der Waals surface area contributed by atoms with Crippen molar-refractivity contribution in [2.45, 2.75) is 25.7 Å². The first kappa shape index (κ1) is 14.9. The van der Waals surface area contributed by atoms with Crippen LogP contribution in [0.3, 0.4) is 0 Å². The van der Waals surface area contributed by atoms with Crippen LogP contribution in [0.5, 0.6) is 0 Å². The third-order valence-electron chi connectivity index (χ3n) is 3.04. The van der Waals surface area contributed by atoms with Crippen molar-refractivity contribution in [2.24, 2.45) is 0 Å². The molecule has 106 valence electrons. The number of benzene rings is 2. The van der Waals surface area contributed by atoms with Crippen molar-refractivity contribution in [1.29, 1.82) is 0 Å². The molecule has 0 radical (unpaired) electrons. The maximum Gasteiger partial charge on any atom is 0.262 e. The van der Waals surface area contributed by atoms with Crippen molar-refractivity contribution >= 4 is 27.3 Å². The number of anilines is 1. The van der Waals surface area contributed by atoms with Gasteiger partial charge in [0.25, 0.3) is 10.0 Å². The monoisotopic (exact) mass is 309 g/mol. The van der Waals surface area contributed by atoms with Gasteiger partial charge in [0.05, 0.1) is 10.6 Å². The van der Waals surface area contributed by atoms with Crippen molar-refractivity contribution in [1.82, 2.24) is 0 Å². The van der Waals surface area contributed by atoms with Gasteiger partial charge in [-0.25, -0.2) is 8.42 Å². The summed E-state index contributed by atoms with van der Waals surface area (Å²) in [6.07, 6.45) is 0. The molecule has 0 aromatic heterocycles. The number of sulfonamides is 1. The van der Waals surface area contributed by atoms with Crippen LogP contribution in [-0.2, 0) is 10.0 Å². The molecule has 1 N–H and O–H groups in total. The molecule has 2 aromatic carbocycles. The Morgan fingerprint density at radius 1 is 0.950 bits per heavy atom. The van der Waals surface area contributed by atoms with Crippen LogP contribution in [0.25, 0.3) is 0 Å². The molecule has 0 amide bonds. The highest BCUT2D eigenvalue weighted by molar-refractivity contribution is 7.92. The van der Waals surface area contributed by atoms with E-state index >= 15 is 0 Å². The molecular weight excluding hydrogens is 294 g/mol. The van der Waals surface area contributed by atoms with Gasteiger partial charge in [-0.15, -0.1) is 0 Å². The molecular formula is C15H16ClNO2S. The van der Waals surface area contributed by atoms with Crippen LogP contribution in [0.4, 0.5) is 5.69 Å². The molecule has 0 spiro atoms. The predicted octanol–water partition coefficient (Wildman–Crippen LogP) is 4.07. The number of nitrogens with one attached hydrogen (secondary N) is 1. The molecule has 0 bridgehead atoms. The molecule has 20 heavy (non-hydrogen) atoms. The second-order valence-corrected chi connectivity index (χ2v) is 6.90. The lowest BCUT2D eigenvalue weighted by Gasteiger charge is -2.11. The Kier molecular flexibility index (Phi) is 4.06. The Labute approximate surface area is 124 Å². The first-order valence-electron chi connectivity index (χ1n) is 6.16. The number of hydrogen-bond donors (Lipinski definition) is 1. The third kappa shape index (κ3) is 3.14. The zero-order chi connectivity index (χ0) is 14.9. The Hall–Kier alpha value is -1.52. The van der Waals surface area contributed by atoms with Gasteiger partial charge in [0.2, 0.25) is 0 Å². The molecule has 2 aromatic rings. The fourth-order valence-electron chi connectivity index (χ4n) is 1.97. The van der Waals surface area contributed by atoms with Crippen molar-refractivity contribution < 1.29 is 8.42 Å². The molecule has 3 nitrogen and oxygen atoms in total. The van der Waals surface area contributed by atoms with E-state index in [1.807, 2.05) is 19.9 Å². The minimum absolute atomic E-state index is 0.278. The largest absolute Gasteiger partial charge is 0.280 e. The fraction of sp³-hybridized carbons (Fsp3) is 0.200. The van der Waals surface area contributed by atoms with Crippen molar-refractivity contribution in [3.05, 3.63) is 58.1 Å². The molecule has 0 unspecified atom stereocenters. The quantitative estimate of drug-likeness (QED) is 0.929. The van der Waals surface area contributed by atoms with Gasteiger partial charge >= 0.3 is 0 Å². The summed E-state index contributed by atoms with van der Waals surface area (Å²) in [5.41, 5.74) is 3.11. The molecule has 0 saturated heterocycles. The van der Waals surface area contributed by atoms with E-state index in [-0.39, 0.29) is 4.90 Å². The van der Waals surface area contributed by atoms with Gasteiger partial charge in [0, 0.05) is 5.02 Å². The standard InChI is InChI=1S/C15H16ClNO2S/c1-10-4-7-15(12(3)8-10)20(18,19)17-13-6-5-11(2)14(16)9-13/h4-9,17H,1-3H3. The number of halogens is 1. The first-order valence-corrected chi connectivity index (χ1v) is 8.02. The molecule has 0 aliphatic rings. The maximum absolute atomic E-state index is 12.4. The normalized spacial score (nSPS) is 11.4. The van der Waals surface area contributed by atoms with Crippen molar-refractivity contribution in [3.8, 4) is 0 Å². The topological polar surface area (TPSA) is 46.2 Å². The zero-order valence-corrected chi connectivity index (χ0v) is 13.1. The predicted molar refractivity (Wildman–Crippen MR) is 82.9 cm³/mol. The summed E-state index contributed by atoms with van der Waals surface area (Å²) in [5, 5.41) is 0.533. The van der Waals surface area contributed by atoms with Crippen LogP contribution < -0.4 is 4.72 Å². The smallest absolute Gasteiger partial charge is 0.262 e. The highest BCUT2D eigenvalue weighted by Crippen LogP contribution is 2.24. The van der Waals surface area contributed by atoms with E-state index in [2.05, 4.69) is 4.72 Å². The van der Waals surface area contributed by atoms with Crippen molar-refractivity contribution in [2.75, 3.05) is 4.72 Å². The summed E-state index contributed by atoms with van der Waals surface area (Å²) in [6.45, 7) is 5.57. The summed E-state index contributed by atoms with van der Waals surface area (Å²) >= 11 is 6.01. The van der Waals surface area contributed by atoms with Gasteiger partial charge in [-0.05, 0) is 50.1 Å². The molecule has 2 rings (SSSR count). The molecule has 0 saturated carbocycles. The lowest BCUT2D eigenvalue weighted by atomic mass is 10.2. The molecule has 0 aliphatic heterocycles. The summed E-state index contributed by atoms with van der Waals surface area (Å²) in [7, 11) is -3.60. The Balaban J connectivity index is 2.38. The Bertz CT molecular complexity index is 754. The average molecular weight is 310 g/mol. The third-order valence-corrected chi connectivity index (χ3v) is 4.99. The van der Waals surface area contributed by atoms with E-state index in [0.29, 0.717) is 10.7 Å². The molecule has 0 atom stereocenters. The summed E-state index contributed by atoms with van der Waals surface area (Å²) in [6, 6.07) is 10.3. The van der Waals surface area contributed by atoms with E-state index in [4.69, 9.17) is 11.6 Å². The highest BCUT2D eigenvalue weighted by atomic mass is 35.5. The van der Waals surface area contributed by atoms with E-state index in [9.17, 15) is 8.42 Å². The van der Waals surface area contributed by atoms with Crippen LogP contribution in [0.15, 0.2) is 41.3 Å².